The van der Waals surface area contributed by atoms with Gasteiger partial charge < -0.3 is 19.9 Å². The van der Waals surface area contributed by atoms with Crippen molar-refractivity contribution in [2.24, 2.45) is 0 Å². The number of carbonyl (C=O) groups excluding carboxylic acids is 1. The third-order valence-corrected chi connectivity index (χ3v) is 2.12. The van der Waals surface area contributed by atoms with Crippen LogP contribution < -0.4 is 5.32 Å². The van der Waals surface area contributed by atoms with Crippen molar-refractivity contribution >= 4 is 18.0 Å². The van der Waals surface area contributed by atoms with E-state index >= 15 is 0 Å². The first-order valence-corrected chi connectivity index (χ1v) is 5.33. The Morgan fingerprint density at radius 3 is 2.83 bits per heavy atom. The van der Waals surface area contributed by atoms with Crippen LogP contribution in [0.1, 0.15) is 19.1 Å². The van der Waals surface area contributed by atoms with Gasteiger partial charge in [0.2, 0.25) is 5.91 Å². The van der Waals surface area contributed by atoms with Gasteiger partial charge in [0.25, 0.3) is 0 Å². The van der Waals surface area contributed by atoms with E-state index in [0.717, 1.165) is 0 Å². The highest BCUT2D eigenvalue weighted by molar-refractivity contribution is 5.91. The Bertz CT molecular complexity index is 433. The van der Waals surface area contributed by atoms with Crippen molar-refractivity contribution in [2.45, 2.75) is 18.9 Å². The predicted molar refractivity (Wildman–Crippen MR) is 63.6 cm³/mol. The Morgan fingerprint density at radius 1 is 1.56 bits per heavy atom. The largest absolute Gasteiger partial charge is 0.481 e. The van der Waals surface area contributed by atoms with Crippen LogP contribution in [-0.4, -0.2) is 34.2 Å². The maximum atomic E-state index is 11.4. The molecule has 98 valence electrons. The summed E-state index contributed by atoms with van der Waals surface area (Å²) in [6.07, 6.45) is 3.77. The van der Waals surface area contributed by atoms with Crippen LogP contribution >= 0.6 is 0 Å². The summed E-state index contributed by atoms with van der Waals surface area (Å²) in [7, 11) is 0. The molecule has 0 bridgehead atoms. The van der Waals surface area contributed by atoms with Crippen molar-refractivity contribution in [3.63, 3.8) is 0 Å². The minimum Gasteiger partial charge on any atom is -0.481 e. The van der Waals surface area contributed by atoms with E-state index in [1.807, 2.05) is 0 Å². The summed E-state index contributed by atoms with van der Waals surface area (Å²) in [6.45, 7) is 1.21. The Hall–Kier alpha value is -2.08. The van der Waals surface area contributed by atoms with E-state index in [2.05, 4.69) is 5.32 Å². The second-order valence-electron chi connectivity index (χ2n) is 4.13. The fourth-order valence-corrected chi connectivity index (χ4v) is 1.27. The topological polar surface area (TPSA) is 99.8 Å². The SMILES string of the molecule is CC(O)(CNC(=O)C=Cc1ccco1)CC(=O)O. The lowest BCUT2D eigenvalue weighted by molar-refractivity contribution is -0.142. The molecule has 0 aliphatic rings. The molecular formula is C12H15NO5. The van der Waals surface area contributed by atoms with Crippen molar-refractivity contribution in [1.82, 2.24) is 5.32 Å². The molecule has 1 atom stereocenters. The molecule has 0 aliphatic heterocycles. The van der Waals surface area contributed by atoms with Crippen molar-refractivity contribution in [3.05, 3.63) is 30.2 Å². The van der Waals surface area contributed by atoms with Gasteiger partial charge in [-0.05, 0) is 25.1 Å². The molecule has 18 heavy (non-hydrogen) atoms. The van der Waals surface area contributed by atoms with E-state index in [-0.39, 0.29) is 6.54 Å². The van der Waals surface area contributed by atoms with Gasteiger partial charge >= 0.3 is 5.97 Å². The van der Waals surface area contributed by atoms with Gasteiger partial charge in [0.05, 0.1) is 18.3 Å². The number of hydrogen-bond donors (Lipinski definition) is 3. The maximum Gasteiger partial charge on any atom is 0.306 e. The first-order valence-electron chi connectivity index (χ1n) is 5.33. The zero-order chi connectivity index (χ0) is 13.6. The zero-order valence-corrected chi connectivity index (χ0v) is 9.92. The van der Waals surface area contributed by atoms with Crippen molar-refractivity contribution < 1.29 is 24.2 Å². The zero-order valence-electron chi connectivity index (χ0n) is 9.92. The quantitative estimate of drug-likeness (QED) is 0.646. The molecule has 1 amide bonds. The number of amides is 1. The maximum absolute atomic E-state index is 11.4. The van der Waals surface area contributed by atoms with Gasteiger partial charge in [0.15, 0.2) is 0 Å². The second-order valence-corrected chi connectivity index (χ2v) is 4.13. The van der Waals surface area contributed by atoms with Gasteiger partial charge in [-0.25, -0.2) is 0 Å². The number of carbonyl (C=O) groups is 2. The van der Waals surface area contributed by atoms with E-state index in [1.54, 1.807) is 12.1 Å². The van der Waals surface area contributed by atoms with Crippen molar-refractivity contribution in [1.29, 1.82) is 0 Å². The third-order valence-electron chi connectivity index (χ3n) is 2.12. The monoisotopic (exact) mass is 253 g/mol. The van der Waals surface area contributed by atoms with E-state index in [9.17, 15) is 14.7 Å². The summed E-state index contributed by atoms with van der Waals surface area (Å²) in [5.74, 6) is -1.03. The lowest BCUT2D eigenvalue weighted by Gasteiger charge is -2.20. The molecule has 1 unspecified atom stereocenters. The van der Waals surface area contributed by atoms with Gasteiger partial charge in [-0.1, -0.05) is 0 Å². The second kappa shape index (κ2) is 6.02. The molecular weight excluding hydrogens is 238 g/mol. The molecule has 6 heteroatoms. The highest BCUT2D eigenvalue weighted by Crippen LogP contribution is 2.07. The molecule has 1 heterocycles. The van der Waals surface area contributed by atoms with Crippen LogP contribution in [0.25, 0.3) is 6.08 Å². The van der Waals surface area contributed by atoms with Gasteiger partial charge in [-0.15, -0.1) is 0 Å². The van der Waals surface area contributed by atoms with Gasteiger partial charge in [-0.3, -0.25) is 9.59 Å². The van der Waals surface area contributed by atoms with Gasteiger partial charge in [-0.2, -0.15) is 0 Å². The highest BCUT2D eigenvalue weighted by Gasteiger charge is 2.24. The molecule has 6 nitrogen and oxygen atoms in total. The number of aliphatic hydroxyl groups is 1. The number of carboxylic acid groups (broad SMARTS) is 1. The van der Waals surface area contributed by atoms with Gasteiger partial charge in [0.1, 0.15) is 5.76 Å². The summed E-state index contributed by atoms with van der Waals surface area (Å²) in [6, 6.07) is 3.37. The van der Waals surface area contributed by atoms with Crippen molar-refractivity contribution in [2.75, 3.05) is 6.54 Å². The number of carboxylic acids is 1. The number of hydrogen-bond acceptors (Lipinski definition) is 4. The Morgan fingerprint density at radius 2 is 2.28 bits per heavy atom. The summed E-state index contributed by atoms with van der Waals surface area (Å²) in [5.41, 5.74) is -1.47. The summed E-state index contributed by atoms with van der Waals surface area (Å²) in [5, 5.41) is 20.6. The molecule has 1 aromatic rings. The first-order chi connectivity index (χ1) is 8.39. The Labute approximate surface area is 104 Å². The Balaban J connectivity index is 2.39. The lowest BCUT2D eigenvalue weighted by atomic mass is 10.0. The van der Waals surface area contributed by atoms with Crippen LogP contribution in [-0.2, 0) is 9.59 Å². The predicted octanol–water partition coefficient (Wildman–Crippen LogP) is 0.635. The standard InChI is InChI=1S/C12H15NO5/c1-12(17,7-11(15)16)8-13-10(14)5-4-9-3-2-6-18-9/h2-6,17H,7-8H2,1H3,(H,13,14)(H,15,16). The highest BCUT2D eigenvalue weighted by atomic mass is 16.4. The van der Waals surface area contributed by atoms with Crippen LogP contribution in [0.5, 0.6) is 0 Å². The van der Waals surface area contributed by atoms with E-state index < -0.39 is 23.9 Å². The van der Waals surface area contributed by atoms with Crippen LogP contribution in [0.4, 0.5) is 0 Å². The average molecular weight is 253 g/mol. The Kier molecular flexibility index (Phi) is 4.67. The smallest absolute Gasteiger partial charge is 0.306 e. The molecule has 0 aliphatic carbocycles. The van der Waals surface area contributed by atoms with Crippen molar-refractivity contribution in [3.8, 4) is 0 Å². The molecule has 0 saturated heterocycles. The average Bonchev–Trinajstić information content (AvgIpc) is 2.74. The molecule has 0 fully saturated rings. The molecule has 0 aromatic carbocycles. The molecule has 0 radical (unpaired) electrons. The first kappa shape index (κ1) is 14.0. The molecule has 1 rings (SSSR count). The third kappa shape index (κ3) is 5.31. The van der Waals surface area contributed by atoms with Crippen LogP contribution in [0.15, 0.2) is 28.9 Å². The minimum absolute atomic E-state index is 0.138. The van der Waals surface area contributed by atoms with Gasteiger partial charge in [0, 0.05) is 12.6 Å². The number of rotatable bonds is 6. The van der Waals surface area contributed by atoms with Crippen LogP contribution in [0, 0.1) is 0 Å². The summed E-state index contributed by atoms with van der Waals surface area (Å²) < 4.78 is 4.99. The fourth-order valence-electron chi connectivity index (χ4n) is 1.27. The normalized spacial score (nSPS) is 14.3. The lowest BCUT2D eigenvalue weighted by Crippen LogP contribution is -2.41. The summed E-state index contributed by atoms with van der Waals surface area (Å²) in [4.78, 5) is 21.8. The summed E-state index contributed by atoms with van der Waals surface area (Å²) >= 11 is 0. The molecule has 1 aromatic heterocycles. The van der Waals surface area contributed by atoms with E-state index in [1.165, 1.54) is 25.3 Å². The number of furan rings is 1. The fraction of sp³-hybridized carbons (Fsp3) is 0.333. The molecule has 3 N–H and O–H groups in total. The van der Waals surface area contributed by atoms with E-state index in [0.29, 0.717) is 5.76 Å². The molecule has 0 spiro atoms. The number of nitrogens with one attached hydrogen (secondary N) is 1. The minimum atomic E-state index is -1.47. The van der Waals surface area contributed by atoms with E-state index in [4.69, 9.17) is 9.52 Å². The molecule has 0 saturated carbocycles. The van der Waals surface area contributed by atoms with Crippen LogP contribution in [0.3, 0.4) is 0 Å². The van der Waals surface area contributed by atoms with Crippen LogP contribution in [0.2, 0.25) is 0 Å². The number of aliphatic carboxylic acids is 1.